The van der Waals surface area contributed by atoms with E-state index in [1.807, 2.05) is 37.6 Å². The highest BCUT2D eigenvalue weighted by Gasteiger charge is 2.30. The predicted molar refractivity (Wildman–Crippen MR) is 141 cm³/mol. The third-order valence-corrected chi connectivity index (χ3v) is 5.80. The number of carbonyl (C=O) groups excluding carboxylic acids is 1. The summed E-state index contributed by atoms with van der Waals surface area (Å²) in [6.45, 7) is 7.00. The fourth-order valence-electron chi connectivity index (χ4n) is 3.83. The number of ether oxygens (including phenoxy) is 1. The maximum Gasteiger partial charge on any atom is 0.416 e. The summed E-state index contributed by atoms with van der Waals surface area (Å²) in [4.78, 5) is 20.8. The molecule has 0 aliphatic heterocycles. The SMILES string of the molecule is CC(C)(C)CC(=O)NCCn1ccc2ncnc(Nc3ccc(Oc4cccc(C(F)(F)F)c4)c(Cl)c3)c21. The van der Waals surface area contributed by atoms with E-state index in [0.717, 1.165) is 23.2 Å². The van der Waals surface area contributed by atoms with Gasteiger partial charge in [0.15, 0.2) is 5.82 Å². The number of hydrogen-bond donors (Lipinski definition) is 2. The standard InChI is InChI=1S/C27H27ClF3N5O2/c1-26(2,3)15-23(37)32-10-12-36-11-9-21-24(36)25(34-16-33-21)35-18-7-8-22(20(28)14-18)38-19-6-4-5-17(13-19)27(29,30)31/h4-9,11,13-14,16H,10,12,15H2,1-3H3,(H,32,37)(H,33,34,35). The third kappa shape index (κ3) is 6.95. The van der Waals surface area contributed by atoms with E-state index in [4.69, 9.17) is 16.3 Å². The van der Waals surface area contributed by atoms with E-state index in [0.29, 0.717) is 31.0 Å². The van der Waals surface area contributed by atoms with Crippen LogP contribution in [0.25, 0.3) is 11.0 Å². The molecule has 0 saturated heterocycles. The molecule has 7 nitrogen and oxygen atoms in total. The van der Waals surface area contributed by atoms with Gasteiger partial charge >= 0.3 is 6.18 Å². The number of nitrogens with zero attached hydrogens (tertiary/aromatic N) is 3. The zero-order chi connectivity index (χ0) is 27.5. The Labute approximate surface area is 223 Å². The highest BCUT2D eigenvalue weighted by Crippen LogP contribution is 2.36. The van der Waals surface area contributed by atoms with Gasteiger partial charge in [-0.2, -0.15) is 13.2 Å². The smallest absolute Gasteiger partial charge is 0.416 e. The van der Waals surface area contributed by atoms with Gasteiger partial charge in [-0.05, 0) is 47.9 Å². The molecule has 4 rings (SSSR count). The molecule has 0 aliphatic carbocycles. The molecule has 0 spiro atoms. The summed E-state index contributed by atoms with van der Waals surface area (Å²) < 4.78 is 46.6. The molecule has 2 aromatic heterocycles. The number of aromatic nitrogens is 3. The summed E-state index contributed by atoms with van der Waals surface area (Å²) in [6, 6.07) is 11.3. The number of benzene rings is 2. The summed E-state index contributed by atoms with van der Waals surface area (Å²) >= 11 is 6.38. The first-order valence-corrected chi connectivity index (χ1v) is 12.2. The second-order valence-corrected chi connectivity index (χ2v) is 10.4. The lowest BCUT2D eigenvalue weighted by molar-refractivity contribution is -0.137. The predicted octanol–water partition coefficient (Wildman–Crippen LogP) is 7.19. The molecule has 0 radical (unpaired) electrons. The van der Waals surface area contributed by atoms with E-state index in [9.17, 15) is 18.0 Å². The van der Waals surface area contributed by atoms with Crippen LogP contribution < -0.4 is 15.4 Å². The fourth-order valence-corrected chi connectivity index (χ4v) is 4.05. The van der Waals surface area contributed by atoms with Gasteiger partial charge in [-0.1, -0.05) is 38.4 Å². The fraction of sp³-hybridized carbons (Fsp3) is 0.296. The number of alkyl halides is 3. The maximum absolute atomic E-state index is 13.0. The summed E-state index contributed by atoms with van der Waals surface area (Å²) in [7, 11) is 0. The molecule has 0 bridgehead atoms. The number of halogens is 4. The Morgan fingerprint density at radius 3 is 2.58 bits per heavy atom. The van der Waals surface area contributed by atoms with Crippen LogP contribution in [0.15, 0.2) is 61.1 Å². The van der Waals surface area contributed by atoms with Crippen LogP contribution in [-0.4, -0.2) is 27.0 Å². The molecular weight excluding hydrogens is 519 g/mol. The Kier molecular flexibility index (Phi) is 7.82. The quantitative estimate of drug-likeness (QED) is 0.245. The Hall–Kier alpha value is -3.79. The topological polar surface area (TPSA) is 81.1 Å². The number of carbonyl (C=O) groups is 1. The van der Waals surface area contributed by atoms with Crippen LogP contribution in [0.2, 0.25) is 5.02 Å². The van der Waals surface area contributed by atoms with Crippen LogP contribution in [0, 0.1) is 5.41 Å². The Balaban J connectivity index is 1.48. The first-order chi connectivity index (χ1) is 17.9. The Morgan fingerprint density at radius 2 is 1.87 bits per heavy atom. The lowest BCUT2D eigenvalue weighted by Crippen LogP contribution is -2.30. The molecule has 2 heterocycles. The average Bonchev–Trinajstić information content (AvgIpc) is 3.23. The van der Waals surface area contributed by atoms with Crippen molar-refractivity contribution in [3.63, 3.8) is 0 Å². The number of hydrogen-bond acceptors (Lipinski definition) is 5. The maximum atomic E-state index is 13.0. The molecule has 200 valence electrons. The van der Waals surface area contributed by atoms with Crippen LogP contribution in [0.3, 0.4) is 0 Å². The highest BCUT2D eigenvalue weighted by molar-refractivity contribution is 6.32. The minimum absolute atomic E-state index is 0.00866. The summed E-state index contributed by atoms with van der Waals surface area (Å²) in [5.74, 6) is 0.750. The molecule has 0 unspecified atom stereocenters. The van der Waals surface area contributed by atoms with Crippen LogP contribution in [-0.2, 0) is 17.5 Å². The molecule has 0 atom stereocenters. The molecule has 2 aromatic carbocycles. The molecule has 0 aliphatic rings. The zero-order valence-corrected chi connectivity index (χ0v) is 21.8. The number of rotatable bonds is 8. The third-order valence-electron chi connectivity index (χ3n) is 5.50. The largest absolute Gasteiger partial charge is 0.456 e. The minimum Gasteiger partial charge on any atom is -0.456 e. The van der Waals surface area contributed by atoms with E-state index >= 15 is 0 Å². The second kappa shape index (κ2) is 10.9. The monoisotopic (exact) mass is 545 g/mol. The Bertz CT molecular complexity index is 1450. The average molecular weight is 546 g/mol. The van der Waals surface area contributed by atoms with Gasteiger partial charge in [0.1, 0.15) is 23.3 Å². The van der Waals surface area contributed by atoms with Gasteiger partial charge in [-0.25, -0.2) is 9.97 Å². The number of nitrogens with one attached hydrogen (secondary N) is 2. The van der Waals surface area contributed by atoms with E-state index < -0.39 is 11.7 Å². The van der Waals surface area contributed by atoms with Gasteiger partial charge in [0.25, 0.3) is 0 Å². The molecule has 4 aromatic rings. The summed E-state index contributed by atoms with van der Waals surface area (Å²) in [5.41, 5.74) is 1.16. The normalized spacial score (nSPS) is 12.0. The number of fused-ring (bicyclic) bond motifs is 1. The van der Waals surface area contributed by atoms with Gasteiger partial charge in [-0.15, -0.1) is 0 Å². The van der Waals surface area contributed by atoms with Crippen molar-refractivity contribution in [1.82, 2.24) is 19.9 Å². The van der Waals surface area contributed by atoms with Gasteiger partial charge < -0.3 is 19.9 Å². The Morgan fingerprint density at radius 1 is 1.08 bits per heavy atom. The van der Waals surface area contributed by atoms with E-state index in [1.54, 1.807) is 18.2 Å². The molecule has 2 N–H and O–H groups in total. The van der Waals surface area contributed by atoms with Crippen molar-refractivity contribution in [2.24, 2.45) is 5.41 Å². The lowest BCUT2D eigenvalue weighted by Gasteiger charge is -2.17. The summed E-state index contributed by atoms with van der Waals surface area (Å²) in [6.07, 6.45) is -0.731. The highest BCUT2D eigenvalue weighted by atomic mass is 35.5. The van der Waals surface area contributed by atoms with Crippen molar-refractivity contribution in [2.75, 3.05) is 11.9 Å². The van der Waals surface area contributed by atoms with Crippen molar-refractivity contribution in [3.8, 4) is 11.5 Å². The van der Waals surface area contributed by atoms with Crippen molar-refractivity contribution < 1.29 is 22.7 Å². The minimum atomic E-state index is -4.48. The van der Waals surface area contributed by atoms with Gasteiger partial charge in [0.2, 0.25) is 5.91 Å². The van der Waals surface area contributed by atoms with Crippen LogP contribution in [0.4, 0.5) is 24.7 Å². The first kappa shape index (κ1) is 27.3. The first-order valence-electron chi connectivity index (χ1n) is 11.9. The van der Waals surface area contributed by atoms with Crippen LogP contribution in [0.1, 0.15) is 32.8 Å². The van der Waals surface area contributed by atoms with Crippen molar-refractivity contribution in [3.05, 3.63) is 71.6 Å². The summed E-state index contributed by atoms with van der Waals surface area (Å²) in [5, 5.41) is 6.36. The van der Waals surface area contributed by atoms with Crippen molar-refractivity contribution >= 4 is 40.0 Å². The molecule has 0 saturated carbocycles. The second-order valence-electron chi connectivity index (χ2n) is 9.95. The van der Waals surface area contributed by atoms with Gasteiger partial charge in [0, 0.05) is 31.4 Å². The van der Waals surface area contributed by atoms with Crippen molar-refractivity contribution in [1.29, 1.82) is 0 Å². The van der Waals surface area contributed by atoms with E-state index in [1.165, 1.54) is 18.5 Å². The molecule has 1 amide bonds. The molecule has 11 heteroatoms. The van der Waals surface area contributed by atoms with E-state index in [2.05, 4.69) is 20.6 Å². The number of amides is 1. The van der Waals surface area contributed by atoms with Crippen LogP contribution >= 0.6 is 11.6 Å². The van der Waals surface area contributed by atoms with Gasteiger partial charge in [-0.3, -0.25) is 4.79 Å². The number of anilines is 2. The van der Waals surface area contributed by atoms with Crippen LogP contribution in [0.5, 0.6) is 11.5 Å². The lowest BCUT2D eigenvalue weighted by atomic mass is 9.92. The van der Waals surface area contributed by atoms with Crippen molar-refractivity contribution in [2.45, 2.75) is 39.9 Å². The van der Waals surface area contributed by atoms with Gasteiger partial charge in [0.05, 0.1) is 16.1 Å². The molecular formula is C27H27ClF3N5O2. The van der Waals surface area contributed by atoms with E-state index in [-0.39, 0.29) is 27.8 Å². The zero-order valence-electron chi connectivity index (χ0n) is 21.1. The molecule has 38 heavy (non-hydrogen) atoms. The molecule has 0 fully saturated rings.